The second-order valence-corrected chi connectivity index (χ2v) is 7.92. The first-order valence-corrected chi connectivity index (χ1v) is 8.33. The van der Waals surface area contributed by atoms with E-state index < -0.39 is 0 Å². The minimum Gasteiger partial charge on any atom is -0.392 e. The fourth-order valence-corrected chi connectivity index (χ4v) is 4.88. The van der Waals surface area contributed by atoms with E-state index in [-0.39, 0.29) is 17.1 Å². The quantitative estimate of drug-likeness (QED) is 0.803. The molecule has 0 bridgehead atoms. The van der Waals surface area contributed by atoms with Gasteiger partial charge >= 0.3 is 0 Å². The van der Waals surface area contributed by atoms with Crippen LogP contribution in [-0.2, 0) is 4.74 Å². The Morgan fingerprint density at radius 1 is 1.39 bits per heavy atom. The lowest BCUT2D eigenvalue weighted by Gasteiger charge is -2.52. The summed E-state index contributed by atoms with van der Waals surface area (Å²) in [4.78, 5) is 0. The molecular formula is C14H25NO2S. The summed E-state index contributed by atoms with van der Waals surface area (Å²) in [5.74, 6) is 2.42. The lowest BCUT2D eigenvalue weighted by atomic mass is 9.64. The van der Waals surface area contributed by atoms with Crippen LogP contribution in [0.1, 0.15) is 39.5 Å². The summed E-state index contributed by atoms with van der Waals surface area (Å²) in [7, 11) is 0. The second-order valence-electron chi connectivity index (χ2n) is 6.82. The van der Waals surface area contributed by atoms with Crippen molar-refractivity contribution in [2.75, 3.05) is 18.1 Å². The highest BCUT2D eigenvalue weighted by molar-refractivity contribution is 7.99. The van der Waals surface area contributed by atoms with E-state index in [1.54, 1.807) is 0 Å². The highest BCUT2D eigenvalue weighted by atomic mass is 32.2. The lowest BCUT2D eigenvalue weighted by Crippen LogP contribution is -2.63. The molecule has 2 saturated heterocycles. The Labute approximate surface area is 114 Å². The number of rotatable bonds is 2. The molecule has 4 atom stereocenters. The molecule has 0 aromatic heterocycles. The van der Waals surface area contributed by atoms with Gasteiger partial charge in [0.05, 0.1) is 11.7 Å². The summed E-state index contributed by atoms with van der Waals surface area (Å²) < 4.78 is 6.05. The third-order valence-corrected chi connectivity index (χ3v) is 6.44. The summed E-state index contributed by atoms with van der Waals surface area (Å²) in [5.41, 5.74) is 0.197. The van der Waals surface area contributed by atoms with Crippen LogP contribution in [0.3, 0.4) is 0 Å². The van der Waals surface area contributed by atoms with E-state index in [2.05, 4.69) is 19.2 Å². The van der Waals surface area contributed by atoms with Gasteiger partial charge in [0, 0.05) is 29.9 Å². The van der Waals surface area contributed by atoms with Crippen LogP contribution in [0, 0.1) is 5.41 Å². The Kier molecular flexibility index (Phi) is 3.42. The number of nitrogens with one attached hydrogen (secondary N) is 1. The van der Waals surface area contributed by atoms with Gasteiger partial charge < -0.3 is 15.2 Å². The number of hydrogen-bond acceptors (Lipinski definition) is 4. The van der Waals surface area contributed by atoms with Crippen LogP contribution in [-0.4, -0.2) is 47.0 Å². The number of hydrogen-bond donors (Lipinski definition) is 2. The molecule has 4 unspecified atom stereocenters. The molecule has 3 nitrogen and oxygen atoms in total. The van der Waals surface area contributed by atoms with Crippen molar-refractivity contribution in [3.05, 3.63) is 0 Å². The number of aliphatic hydroxyl groups excluding tert-OH is 1. The van der Waals surface area contributed by atoms with Gasteiger partial charge in [-0.25, -0.2) is 0 Å². The fourth-order valence-electron chi connectivity index (χ4n) is 3.50. The molecule has 1 saturated carbocycles. The summed E-state index contributed by atoms with van der Waals surface area (Å²) in [5, 5.41) is 13.6. The molecule has 3 aliphatic rings. The molecule has 3 fully saturated rings. The van der Waals surface area contributed by atoms with E-state index >= 15 is 0 Å². The van der Waals surface area contributed by atoms with Crippen LogP contribution >= 0.6 is 11.8 Å². The van der Waals surface area contributed by atoms with E-state index in [4.69, 9.17) is 4.74 Å². The molecule has 3 rings (SSSR count). The van der Waals surface area contributed by atoms with E-state index in [1.165, 1.54) is 17.9 Å². The van der Waals surface area contributed by atoms with Crippen molar-refractivity contribution < 1.29 is 9.84 Å². The van der Waals surface area contributed by atoms with Crippen LogP contribution in [0.4, 0.5) is 0 Å². The van der Waals surface area contributed by atoms with Crippen molar-refractivity contribution in [2.24, 2.45) is 5.41 Å². The van der Waals surface area contributed by atoms with Crippen molar-refractivity contribution in [3.63, 3.8) is 0 Å². The van der Waals surface area contributed by atoms with Crippen LogP contribution in [0.5, 0.6) is 0 Å². The van der Waals surface area contributed by atoms with Gasteiger partial charge in [0.25, 0.3) is 0 Å². The minimum atomic E-state index is -0.133. The van der Waals surface area contributed by atoms with Crippen LogP contribution in [0.2, 0.25) is 0 Å². The lowest BCUT2D eigenvalue weighted by molar-refractivity contribution is -0.0998. The molecule has 0 radical (unpaired) electrons. The van der Waals surface area contributed by atoms with E-state index in [9.17, 15) is 5.11 Å². The molecule has 1 spiro atoms. The van der Waals surface area contributed by atoms with Gasteiger partial charge in [-0.2, -0.15) is 11.8 Å². The van der Waals surface area contributed by atoms with Crippen LogP contribution in [0.25, 0.3) is 0 Å². The first-order chi connectivity index (χ1) is 8.52. The standard InChI is InChI=1S/C14H25NO2S/c1-13(2)11(7-12(13)16)15-10-3-5-17-14(8-10)4-6-18-9-14/h10-12,15-16H,3-9H2,1-2H3. The third-order valence-electron chi connectivity index (χ3n) is 5.21. The van der Waals surface area contributed by atoms with Gasteiger partial charge in [-0.1, -0.05) is 13.8 Å². The number of aliphatic hydroxyl groups is 1. The van der Waals surface area contributed by atoms with Gasteiger partial charge in [-0.3, -0.25) is 0 Å². The van der Waals surface area contributed by atoms with Gasteiger partial charge in [0.15, 0.2) is 0 Å². The second kappa shape index (κ2) is 4.65. The first-order valence-electron chi connectivity index (χ1n) is 7.18. The van der Waals surface area contributed by atoms with Crippen LogP contribution < -0.4 is 5.32 Å². The SMILES string of the molecule is CC1(C)C(O)CC1NC1CCOC2(CCSC2)C1. The number of thioether (sulfide) groups is 1. The average Bonchev–Trinajstić information content (AvgIpc) is 2.77. The Morgan fingerprint density at radius 3 is 2.83 bits per heavy atom. The summed E-state index contributed by atoms with van der Waals surface area (Å²) in [6.07, 6.45) is 4.27. The summed E-state index contributed by atoms with van der Waals surface area (Å²) >= 11 is 2.03. The van der Waals surface area contributed by atoms with Crippen molar-refractivity contribution in [2.45, 2.75) is 63.3 Å². The molecule has 2 aliphatic heterocycles. The number of ether oxygens (including phenoxy) is 1. The van der Waals surface area contributed by atoms with Crippen LogP contribution in [0.15, 0.2) is 0 Å². The van der Waals surface area contributed by atoms with Gasteiger partial charge in [-0.05, 0) is 31.4 Å². The molecular weight excluding hydrogens is 246 g/mol. The van der Waals surface area contributed by atoms with Gasteiger partial charge in [-0.15, -0.1) is 0 Å². The van der Waals surface area contributed by atoms with Gasteiger partial charge in [0.1, 0.15) is 0 Å². The zero-order valence-corrected chi connectivity index (χ0v) is 12.3. The fraction of sp³-hybridized carbons (Fsp3) is 1.00. The average molecular weight is 271 g/mol. The molecule has 18 heavy (non-hydrogen) atoms. The predicted octanol–water partition coefficient (Wildman–Crippen LogP) is 1.79. The Morgan fingerprint density at radius 2 is 2.22 bits per heavy atom. The molecule has 0 amide bonds. The third kappa shape index (κ3) is 2.21. The summed E-state index contributed by atoms with van der Waals surface area (Å²) in [6, 6.07) is 1.05. The van der Waals surface area contributed by atoms with E-state index in [0.717, 1.165) is 25.9 Å². The normalized spacial score (nSPS) is 47.2. The van der Waals surface area contributed by atoms with Crippen molar-refractivity contribution in [3.8, 4) is 0 Å². The topological polar surface area (TPSA) is 41.5 Å². The Hall–Kier alpha value is 0.230. The molecule has 1 aliphatic carbocycles. The molecule has 104 valence electrons. The maximum absolute atomic E-state index is 9.81. The Balaban J connectivity index is 1.57. The zero-order valence-electron chi connectivity index (χ0n) is 11.4. The van der Waals surface area contributed by atoms with Crippen molar-refractivity contribution >= 4 is 11.8 Å². The maximum atomic E-state index is 9.81. The molecule has 0 aromatic rings. The van der Waals surface area contributed by atoms with E-state index in [0.29, 0.717) is 12.1 Å². The van der Waals surface area contributed by atoms with Crippen molar-refractivity contribution in [1.82, 2.24) is 5.32 Å². The monoisotopic (exact) mass is 271 g/mol. The Bertz CT molecular complexity index is 315. The first kappa shape index (κ1) is 13.2. The largest absolute Gasteiger partial charge is 0.392 e. The van der Waals surface area contributed by atoms with Gasteiger partial charge in [0.2, 0.25) is 0 Å². The molecule has 0 aromatic carbocycles. The molecule has 2 N–H and O–H groups in total. The zero-order chi connectivity index (χ0) is 12.8. The smallest absolute Gasteiger partial charge is 0.0795 e. The van der Waals surface area contributed by atoms with Crippen molar-refractivity contribution in [1.29, 1.82) is 0 Å². The predicted molar refractivity (Wildman–Crippen MR) is 75.0 cm³/mol. The summed E-state index contributed by atoms with van der Waals surface area (Å²) in [6.45, 7) is 5.23. The molecule has 4 heteroatoms. The maximum Gasteiger partial charge on any atom is 0.0795 e. The van der Waals surface area contributed by atoms with E-state index in [1.807, 2.05) is 11.8 Å². The molecule has 2 heterocycles. The highest BCUT2D eigenvalue weighted by Gasteiger charge is 2.49. The highest BCUT2D eigenvalue weighted by Crippen LogP contribution is 2.43. The minimum absolute atomic E-state index is 0.0376.